The van der Waals surface area contributed by atoms with Gasteiger partial charge >= 0.3 is 5.97 Å². The summed E-state index contributed by atoms with van der Waals surface area (Å²) in [5.74, 6) is -1.75. The molecule has 0 bridgehead atoms. The number of carbonyl (C=O) groups excluding carboxylic acids is 3. The molecular formula is C18H22N2O6S. The van der Waals surface area contributed by atoms with Gasteiger partial charge in [-0.3, -0.25) is 9.59 Å². The van der Waals surface area contributed by atoms with Crippen molar-refractivity contribution in [2.24, 2.45) is 11.8 Å². The number of nitrogens with one attached hydrogen (secondary N) is 2. The molecule has 3 atom stereocenters. The molecule has 27 heavy (non-hydrogen) atoms. The maximum Gasteiger partial charge on any atom is 0.338 e. The number of hydrogen-bond donors (Lipinski definition) is 2. The van der Waals surface area contributed by atoms with Gasteiger partial charge in [0.25, 0.3) is 0 Å². The maximum atomic E-state index is 12.3. The smallest absolute Gasteiger partial charge is 0.338 e. The van der Waals surface area contributed by atoms with Gasteiger partial charge in [0.1, 0.15) is 0 Å². The minimum absolute atomic E-state index is 0.0326. The first kappa shape index (κ1) is 19.3. The lowest BCUT2D eigenvalue weighted by Gasteiger charge is -2.10. The topological polar surface area (TPSA) is 119 Å². The molecule has 1 aliphatic carbocycles. The van der Waals surface area contributed by atoms with E-state index >= 15 is 0 Å². The first-order chi connectivity index (χ1) is 12.8. The normalized spacial score (nSPS) is 25.4. The highest BCUT2D eigenvalue weighted by molar-refractivity contribution is 7.91. The third-order valence-corrected chi connectivity index (χ3v) is 6.47. The van der Waals surface area contributed by atoms with Gasteiger partial charge in [0.05, 0.1) is 35.5 Å². The van der Waals surface area contributed by atoms with Crippen LogP contribution in [0.3, 0.4) is 0 Å². The molecule has 1 aromatic carbocycles. The van der Waals surface area contributed by atoms with Crippen LogP contribution >= 0.6 is 0 Å². The zero-order valence-electron chi connectivity index (χ0n) is 14.9. The van der Waals surface area contributed by atoms with E-state index in [2.05, 4.69) is 10.6 Å². The Balaban J connectivity index is 1.48. The number of carbonyl (C=O) groups is 3. The van der Waals surface area contributed by atoms with E-state index in [1.807, 2.05) is 0 Å². The first-order valence-electron chi connectivity index (χ1n) is 8.88. The van der Waals surface area contributed by atoms with Crippen LogP contribution < -0.4 is 10.6 Å². The standard InChI is InChI=1S/C18H22N2O6S/c1-2-26-18(23)11-3-5-12(6-4-11)19-16(21)14-9-15(14)17(22)20-13-7-8-27(24,25)10-13/h3-6,13-15H,2,7-10H2,1H3,(H,19,21)(H,20,22). The monoisotopic (exact) mass is 394 g/mol. The summed E-state index contributed by atoms with van der Waals surface area (Å²) in [6, 6.07) is 5.97. The molecule has 2 aliphatic rings. The summed E-state index contributed by atoms with van der Waals surface area (Å²) in [6.45, 7) is 2.01. The quantitative estimate of drug-likeness (QED) is 0.687. The van der Waals surface area contributed by atoms with Crippen LogP contribution in [0.4, 0.5) is 5.69 Å². The highest BCUT2D eigenvalue weighted by Gasteiger charge is 2.48. The first-order valence-corrected chi connectivity index (χ1v) is 10.7. The zero-order valence-corrected chi connectivity index (χ0v) is 15.8. The van der Waals surface area contributed by atoms with Crippen molar-refractivity contribution in [3.8, 4) is 0 Å². The zero-order chi connectivity index (χ0) is 19.6. The average molecular weight is 394 g/mol. The Labute approximate surface area is 157 Å². The van der Waals surface area contributed by atoms with Gasteiger partial charge in [-0.05, 0) is 44.0 Å². The number of anilines is 1. The SMILES string of the molecule is CCOC(=O)c1ccc(NC(=O)C2CC2C(=O)NC2CCS(=O)(=O)C2)cc1. The fourth-order valence-electron chi connectivity index (χ4n) is 3.13. The second-order valence-corrected chi connectivity index (χ2v) is 9.07. The highest BCUT2D eigenvalue weighted by atomic mass is 32.2. The second kappa shape index (κ2) is 7.67. The van der Waals surface area contributed by atoms with E-state index in [9.17, 15) is 22.8 Å². The summed E-state index contributed by atoms with van der Waals surface area (Å²) < 4.78 is 27.8. The molecule has 3 rings (SSSR count). The van der Waals surface area contributed by atoms with E-state index in [1.54, 1.807) is 31.2 Å². The van der Waals surface area contributed by atoms with Crippen molar-refractivity contribution in [3.63, 3.8) is 0 Å². The number of hydrogen-bond acceptors (Lipinski definition) is 6. The predicted octanol–water partition coefficient (Wildman–Crippen LogP) is 0.741. The van der Waals surface area contributed by atoms with Gasteiger partial charge in [-0.2, -0.15) is 0 Å². The maximum absolute atomic E-state index is 12.3. The van der Waals surface area contributed by atoms with Crippen molar-refractivity contribution in [3.05, 3.63) is 29.8 Å². The summed E-state index contributed by atoms with van der Waals surface area (Å²) in [7, 11) is -3.06. The molecule has 2 amide bonds. The Morgan fingerprint density at radius 1 is 1.11 bits per heavy atom. The van der Waals surface area contributed by atoms with E-state index in [0.29, 0.717) is 24.1 Å². The molecule has 2 fully saturated rings. The number of ether oxygens (including phenoxy) is 1. The Kier molecular flexibility index (Phi) is 5.50. The summed E-state index contributed by atoms with van der Waals surface area (Å²) in [4.78, 5) is 36.1. The van der Waals surface area contributed by atoms with Crippen molar-refractivity contribution in [1.82, 2.24) is 5.32 Å². The Hall–Kier alpha value is -2.42. The van der Waals surface area contributed by atoms with Crippen LogP contribution in [0.2, 0.25) is 0 Å². The van der Waals surface area contributed by atoms with Crippen LogP contribution in [0.25, 0.3) is 0 Å². The summed E-state index contributed by atoms with van der Waals surface area (Å²) >= 11 is 0. The fourth-order valence-corrected chi connectivity index (χ4v) is 4.80. The van der Waals surface area contributed by atoms with Crippen LogP contribution in [0.5, 0.6) is 0 Å². The predicted molar refractivity (Wildman–Crippen MR) is 97.8 cm³/mol. The van der Waals surface area contributed by atoms with Gasteiger partial charge in [0.15, 0.2) is 9.84 Å². The molecule has 1 saturated carbocycles. The number of amides is 2. The third-order valence-electron chi connectivity index (χ3n) is 4.71. The van der Waals surface area contributed by atoms with Crippen molar-refractivity contribution in [2.75, 3.05) is 23.4 Å². The van der Waals surface area contributed by atoms with Crippen LogP contribution in [0.1, 0.15) is 30.1 Å². The molecule has 2 N–H and O–H groups in total. The number of esters is 1. The van der Waals surface area contributed by atoms with Gasteiger partial charge in [0, 0.05) is 11.7 Å². The molecule has 0 radical (unpaired) electrons. The van der Waals surface area contributed by atoms with Crippen molar-refractivity contribution in [2.45, 2.75) is 25.8 Å². The minimum Gasteiger partial charge on any atom is -0.462 e. The van der Waals surface area contributed by atoms with E-state index < -0.39 is 27.6 Å². The fraction of sp³-hybridized carbons (Fsp3) is 0.500. The lowest BCUT2D eigenvalue weighted by molar-refractivity contribution is -0.125. The van der Waals surface area contributed by atoms with Crippen LogP contribution in [0.15, 0.2) is 24.3 Å². The van der Waals surface area contributed by atoms with Crippen LogP contribution in [-0.4, -0.2) is 50.4 Å². The molecule has 8 nitrogen and oxygen atoms in total. The molecule has 1 saturated heterocycles. The van der Waals surface area contributed by atoms with Crippen LogP contribution in [-0.2, 0) is 24.2 Å². The molecule has 1 heterocycles. The lowest BCUT2D eigenvalue weighted by Crippen LogP contribution is -2.37. The second-order valence-electron chi connectivity index (χ2n) is 6.84. The van der Waals surface area contributed by atoms with Crippen molar-refractivity contribution < 1.29 is 27.5 Å². The molecule has 146 valence electrons. The average Bonchev–Trinajstić information content (AvgIpc) is 3.35. The van der Waals surface area contributed by atoms with Gasteiger partial charge in [-0.25, -0.2) is 13.2 Å². The number of benzene rings is 1. The van der Waals surface area contributed by atoms with Gasteiger partial charge in [-0.15, -0.1) is 0 Å². The molecule has 0 spiro atoms. The number of rotatable bonds is 6. The van der Waals surface area contributed by atoms with Crippen molar-refractivity contribution >= 4 is 33.3 Å². The Morgan fingerprint density at radius 3 is 2.37 bits per heavy atom. The minimum atomic E-state index is -3.06. The lowest BCUT2D eigenvalue weighted by atomic mass is 10.2. The molecule has 3 unspecified atom stereocenters. The van der Waals surface area contributed by atoms with Crippen LogP contribution in [0, 0.1) is 11.8 Å². The largest absolute Gasteiger partial charge is 0.462 e. The Bertz CT molecular complexity index is 849. The summed E-state index contributed by atoms with van der Waals surface area (Å²) in [5.41, 5.74) is 0.922. The molecule has 1 aliphatic heterocycles. The summed E-state index contributed by atoms with van der Waals surface area (Å²) in [6.07, 6.45) is 0.864. The van der Waals surface area contributed by atoms with E-state index in [0.717, 1.165) is 0 Å². The molecular weight excluding hydrogens is 372 g/mol. The van der Waals surface area contributed by atoms with Crippen molar-refractivity contribution in [1.29, 1.82) is 0 Å². The molecule has 1 aromatic rings. The Morgan fingerprint density at radius 2 is 1.78 bits per heavy atom. The van der Waals surface area contributed by atoms with E-state index in [1.165, 1.54) is 0 Å². The van der Waals surface area contributed by atoms with Gasteiger partial charge < -0.3 is 15.4 Å². The van der Waals surface area contributed by atoms with Gasteiger partial charge in [0.2, 0.25) is 11.8 Å². The van der Waals surface area contributed by atoms with E-state index in [-0.39, 0.29) is 36.0 Å². The molecule has 9 heteroatoms. The van der Waals surface area contributed by atoms with E-state index in [4.69, 9.17) is 4.74 Å². The highest BCUT2D eigenvalue weighted by Crippen LogP contribution is 2.39. The third kappa shape index (κ3) is 4.85. The summed E-state index contributed by atoms with van der Waals surface area (Å²) in [5, 5.41) is 5.45. The van der Waals surface area contributed by atoms with Gasteiger partial charge in [-0.1, -0.05) is 0 Å². The number of sulfone groups is 1. The molecule has 0 aromatic heterocycles.